The van der Waals surface area contributed by atoms with Gasteiger partial charge in [0.05, 0.1) is 17.8 Å². The molecule has 3 aromatic carbocycles. The highest BCUT2D eigenvalue weighted by Crippen LogP contribution is 2.37. The Kier molecular flexibility index (Phi) is 8.03. The van der Waals surface area contributed by atoms with Crippen LogP contribution in [0, 0.1) is 0 Å². The number of amides is 3. The van der Waals surface area contributed by atoms with Gasteiger partial charge in [-0.1, -0.05) is 28.1 Å². The van der Waals surface area contributed by atoms with E-state index in [1.807, 2.05) is 31.2 Å². The van der Waals surface area contributed by atoms with Crippen LogP contribution < -0.4 is 25.6 Å². The van der Waals surface area contributed by atoms with Crippen molar-refractivity contribution in [3.8, 4) is 11.5 Å². The second-order valence-electron chi connectivity index (χ2n) is 8.39. The topological polar surface area (TPSA) is 82.7 Å². The minimum atomic E-state index is -4.58. The molecule has 0 aliphatic carbocycles. The van der Waals surface area contributed by atoms with E-state index in [1.54, 1.807) is 29.2 Å². The van der Waals surface area contributed by atoms with Gasteiger partial charge in [-0.15, -0.1) is 0 Å². The van der Waals surface area contributed by atoms with Crippen molar-refractivity contribution in [3.05, 3.63) is 82.3 Å². The van der Waals surface area contributed by atoms with Crippen LogP contribution in [0.5, 0.6) is 11.5 Å². The molecule has 1 unspecified atom stereocenters. The van der Waals surface area contributed by atoms with Crippen LogP contribution in [-0.4, -0.2) is 31.6 Å². The summed E-state index contributed by atoms with van der Waals surface area (Å²) in [5.74, 6) is -0.0458. The molecule has 4 rings (SSSR count). The summed E-state index contributed by atoms with van der Waals surface area (Å²) in [7, 11) is 0. The Labute approximate surface area is 220 Å². The number of hydrogen-bond donors (Lipinski definition) is 3. The molecule has 194 valence electrons. The molecule has 0 spiro atoms. The van der Waals surface area contributed by atoms with Crippen LogP contribution in [0.25, 0.3) is 0 Å². The maximum Gasteiger partial charge on any atom is 0.416 e. The van der Waals surface area contributed by atoms with Gasteiger partial charge in [0.25, 0.3) is 0 Å². The van der Waals surface area contributed by atoms with Gasteiger partial charge in [0.1, 0.15) is 5.75 Å². The third-order valence-electron chi connectivity index (χ3n) is 5.75. The van der Waals surface area contributed by atoms with E-state index in [1.165, 1.54) is 6.07 Å². The molecule has 1 saturated heterocycles. The maximum absolute atomic E-state index is 13.3. The molecule has 3 amide bonds. The highest BCUT2D eigenvalue weighted by atomic mass is 79.9. The number of carbonyl (C=O) groups is 2. The second kappa shape index (κ2) is 11.2. The first kappa shape index (κ1) is 26.5. The van der Waals surface area contributed by atoms with Gasteiger partial charge in [0.15, 0.2) is 5.75 Å². The van der Waals surface area contributed by atoms with Gasteiger partial charge >= 0.3 is 12.2 Å². The highest BCUT2D eigenvalue weighted by Gasteiger charge is 2.31. The van der Waals surface area contributed by atoms with Crippen molar-refractivity contribution < 1.29 is 27.5 Å². The van der Waals surface area contributed by atoms with Crippen LogP contribution in [0.4, 0.5) is 29.3 Å². The Balaban J connectivity index is 1.41. The zero-order chi connectivity index (χ0) is 26.6. The van der Waals surface area contributed by atoms with Crippen molar-refractivity contribution in [2.24, 2.45) is 0 Å². The van der Waals surface area contributed by atoms with Crippen LogP contribution in [0.1, 0.15) is 24.1 Å². The molecule has 1 atom stereocenters. The zero-order valence-corrected chi connectivity index (χ0v) is 21.3. The number of anilines is 2. The summed E-state index contributed by atoms with van der Waals surface area (Å²) >= 11 is 3.31. The van der Waals surface area contributed by atoms with Gasteiger partial charge in [0.2, 0.25) is 5.91 Å². The standard InChI is InChI=1S/C26H24BrF3N4O3/c1-16(17-2-7-20(8-3-17)34-13-12-31-25(34)36)32-15-24(35)33-22-14-18(26(28,29)30)4-11-23(22)37-21-9-5-19(27)6-10-21/h2-11,14,16,32H,12-13,15H2,1H3,(H,31,36)(H,33,35). The SMILES string of the molecule is CC(NCC(=O)Nc1cc(C(F)(F)F)ccc1Oc1ccc(Br)cc1)c1ccc(N2CCNC2=O)cc1. The molecule has 0 saturated carbocycles. The lowest BCUT2D eigenvalue weighted by Gasteiger charge is -2.18. The van der Waals surface area contributed by atoms with Crippen LogP contribution in [0.2, 0.25) is 0 Å². The molecule has 1 fully saturated rings. The van der Waals surface area contributed by atoms with Gasteiger partial charge in [-0.25, -0.2) is 4.79 Å². The Hall–Kier alpha value is -3.57. The first-order chi connectivity index (χ1) is 17.6. The average Bonchev–Trinajstić information content (AvgIpc) is 3.30. The number of rotatable bonds is 8. The molecule has 1 aliphatic heterocycles. The van der Waals surface area contributed by atoms with Gasteiger partial charge in [0, 0.05) is 29.3 Å². The number of nitrogens with zero attached hydrogens (tertiary/aromatic N) is 1. The van der Waals surface area contributed by atoms with E-state index >= 15 is 0 Å². The predicted octanol–water partition coefficient (Wildman–Crippen LogP) is 6.08. The fraction of sp³-hybridized carbons (Fsp3) is 0.231. The zero-order valence-electron chi connectivity index (χ0n) is 19.7. The average molecular weight is 577 g/mol. The number of alkyl halides is 3. The molecule has 0 bridgehead atoms. The van der Waals surface area contributed by atoms with Crippen LogP contribution in [0.15, 0.2) is 71.2 Å². The second-order valence-corrected chi connectivity index (χ2v) is 9.31. The quantitative estimate of drug-likeness (QED) is 0.303. The number of benzene rings is 3. The number of nitrogens with one attached hydrogen (secondary N) is 3. The Bertz CT molecular complexity index is 1270. The lowest BCUT2D eigenvalue weighted by Crippen LogP contribution is -2.30. The molecule has 3 aromatic rings. The number of ether oxygens (including phenoxy) is 1. The Morgan fingerprint density at radius 1 is 1.11 bits per heavy atom. The largest absolute Gasteiger partial charge is 0.455 e. The van der Waals surface area contributed by atoms with E-state index < -0.39 is 17.6 Å². The summed E-state index contributed by atoms with van der Waals surface area (Å²) in [6.45, 7) is 2.90. The first-order valence-corrected chi connectivity index (χ1v) is 12.2. The molecular formula is C26H24BrF3N4O3. The van der Waals surface area contributed by atoms with E-state index in [0.717, 1.165) is 27.9 Å². The maximum atomic E-state index is 13.3. The smallest absolute Gasteiger partial charge is 0.416 e. The monoisotopic (exact) mass is 576 g/mol. The molecule has 1 heterocycles. The molecule has 0 radical (unpaired) electrons. The lowest BCUT2D eigenvalue weighted by molar-refractivity contribution is -0.137. The fourth-order valence-electron chi connectivity index (χ4n) is 3.74. The van der Waals surface area contributed by atoms with E-state index in [0.29, 0.717) is 18.8 Å². The molecule has 0 aromatic heterocycles. The first-order valence-electron chi connectivity index (χ1n) is 11.4. The van der Waals surface area contributed by atoms with Crippen molar-refractivity contribution in [2.45, 2.75) is 19.1 Å². The summed E-state index contributed by atoms with van der Waals surface area (Å²) < 4.78 is 46.5. The Morgan fingerprint density at radius 3 is 2.43 bits per heavy atom. The minimum Gasteiger partial charge on any atom is -0.455 e. The van der Waals surface area contributed by atoms with Gasteiger partial charge in [-0.2, -0.15) is 13.2 Å². The molecule has 37 heavy (non-hydrogen) atoms. The third-order valence-corrected chi connectivity index (χ3v) is 6.28. The lowest BCUT2D eigenvalue weighted by atomic mass is 10.1. The molecule has 1 aliphatic rings. The number of urea groups is 1. The van der Waals surface area contributed by atoms with Crippen LogP contribution in [-0.2, 0) is 11.0 Å². The Morgan fingerprint density at radius 2 is 1.81 bits per heavy atom. The van der Waals surface area contributed by atoms with E-state index in [-0.39, 0.29) is 30.1 Å². The summed E-state index contributed by atoms with van der Waals surface area (Å²) in [6, 6.07) is 16.7. The molecule has 3 N–H and O–H groups in total. The van der Waals surface area contributed by atoms with E-state index in [4.69, 9.17) is 4.74 Å². The predicted molar refractivity (Wildman–Crippen MR) is 138 cm³/mol. The number of carbonyl (C=O) groups excluding carboxylic acids is 2. The summed E-state index contributed by atoms with van der Waals surface area (Å²) in [4.78, 5) is 26.1. The normalized spacial score (nSPS) is 14.3. The van der Waals surface area contributed by atoms with E-state index in [2.05, 4.69) is 31.9 Å². The van der Waals surface area contributed by atoms with Crippen molar-refractivity contribution in [1.29, 1.82) is 0 Å². The fourth-order valence-corrected chi connectivity index (χ4v) is 4.01. The van der Waals surface area contributed by atoms with Gasteiger partial charge < -0.3 is 20.7 Å². The highest BCUT2D eigenvalue weighted by molar-refractivity contribution is 9.10. The van der Waals surface area contributed by atoms with Crippen LogP contribution >= 0.6 is 15.9 Å². The van der Waals surface area contributed by atoms with Crippen LogP contribution in [0.3, 0.4) is 0 Å². The van der Waals surface area contributed by atoms with Crippen molar-refractivity contribution in [1.82, 2.24) is 10.6 Å². The molecule has 11 heteroatoms. The van der Waals surface area contributed by atoms with Gasteiger partial charge in [-0.3, -0.25) is 9.69 Å². The van der Waals surface area contributed by atoms with Crippen molar-refractivity contribution in [2.75, 3.05) is 29.9 Å². The summed E-state index contributed by atoms with van der Waals surface area (Å²) in [5.41, 5.74) is 0.658. The minimum absolute atomic E-state index is 0.0817. The van der Waals surface area contributed by atoms with E-state index in [9.17, 15) is 22.8 Å². The van der Waals surface area contributed by atoms with Gasteiger partial charge in [-0.05, 0) is 67.1 Å². The molecule has 7 nitrogen and oxygen atoms in total. The van der Waals surface area contributed by atoms with Crippen molar-refractivity contribution in [3.63, 3.8) is 0 Å². The van der Waals surface area contributed by atoms with Crippen molar-refractivity contribution >= 4 is 39.2 Å². The number of halogens is 4. The third kappa shape index (κ3) is 6.80. The summed E-state index contributed by atoms with van der Waals surface area (Å²) in [6.07, 6.45) is -4.58. The summed E-state index contributed by atoms with van der Waals surface area (Å²) in [5, 5.41) is 8.34. The molecular weight excluding hydrogens is 553 g/mol. The number of hydrogen-bond acceptors (Lipinski definition) is 4.